The normalized spacial score (nSPS) is 16.8. The molecule has 0 saturated heterocycles. The molecule has 0 saturated carbocycles. The van der Waals surface area contributed by atoms with Crippen molar-refractivity contribution in [2.75, 3.05) is 12.3 Å². The number of allylic oxidation sites excluding steroid dienone is 2. The Labute approximate surface area is 162 Å². The van der Waals surface area contributed by atoms with Gasteiger partial charge in [-0.2, -0.15) is 12.6 Å². The van der Waals surface area contributed by atoms with Gasteiger partial charge in [0, 0.05) is 31.2 Å². The molecule has 0 aliphatic carbocycles. The number of thiol groups is 1. The van der Waals surface area contributed by atoms with Crippen LogP contribution in [-0.4, -0.2) is 51.9 Å². The van der Waals surface area contributed by atoms with E-state index in [1.807, 2.05) is 6.08 Å². The van der Waals surface area contributed by atoms with Crippen LogP contribution in [0.25, 0.3) is 0 Å². The second-order valence-electron chi connectivity index (χ2n) is 7.37. The highest BCUT2D eigenvalue weighted by Gasteiger charge is 2.44. The fourth-order valence-electron chi connectivity index (χ4n) is 2.35. The molecule has 7 nitrogen and oxygen atoms in total. The van der Waals surface area contributed by atoms with Crippen molar-refractivity contribution in [2.24, 2.45) is 17.6 Å². The van der Waals surface area contributed by atoms with Crippen molar-refractivity contribution in [1.29, 1.82) is 0 Å². The lowest BCUT2D eigenvalue weighted by molar-refractivity contribution is -0.150. The minimum atomic E-state index is -1.49. The number of carboxylic acid groups (broad SMARTS) is 1. The number of aliphatic hydroxyl groups is 1. The molecule has 0 heterocycles. The molecule has 0 rings (SSSR count). The zero-order valence-electron chi connectivity index (χ0n) is 16.2. The fraction of sp³-hybridized carbons (Fsp3) is 0.778. The summed E-state index contributed by atoms with van der Waals surface area (Å²) in [6, 6.07) is -0.248. The summed E-state index contributed by atoms with van der Waals surface area (Å²) in [6.07, 6.45) is 2.96. The first kappa shape index (κ1) is 25.1. The molecule has 0 aliphatic heterocycles. The molecule has 0 spiro atoms. The molecule has 0 radical (unpaired) electrons. The number of hydrazine groups is 1. The molecule has 6 N–H and O–H groups in total. The Bertz CT molecular complexity index is 471. The number of carbonyl (C=O) groups is 2. The minimum absolute atomic E-state index is 0.0830. The van der Waals surface area contributed by atoms with Crippen LogP contribution in [0.1, 0.15) is 47.0 Å². The molecular weight excluding hydrogens is 354 g/mol. The average Bonchev–Trinajstić information content (AvgIpc) is 2.56. The van der Waals surface area contributed by atoms with Gasteiger partial charge in [-0.25, -0.2) is 5.43 Å². The van der Waals surface area contributed by atoms with E-state index < -0.39 is 23.4 Å². The van der Waals surface area contributed by atoms with Gasteiger partial charge in [-0.1, -0.05) is 39.8 Å². The number of ketones is 1. The predicted octanol–water partition coefficient (Wildman–Crippen LogP) is 1.13. The van der Waals surface area contributed by atoms with Gasteiger partial charge in [0.15, 0.2) is 5.78 Å². The highest BCUT2D eigenvalue weighted by atomic mass is 32.1. The van der Waals surface area contributed by atoms with E-state index in [0.29, 0.717) is 18.2 Å². The zero-order chi connectivity index (χ0) is 20.3. The van der Waals surface area contributed by atoms with E-state index in [2.05, 4.69) is 37.3 Å². The number of nitrogens with two attached hydrogens (primary N) is 1. The van der Waals surface area contributed by atoms with Crippen LogP contribution in [0.5, 0.6) is 0 Å². The number of aliphatic hydroxyl groups excluding tert-OH is 1. The number of aliphatic carboxylic acids is 1. The predicted molar refractivity (Wildman–Crippen MR) is 107 cm³/mol. The second kappa shape index (κ2) is 12.5. The van der Waals surface area contributed by atoms with Crippen LogP contribution < -0.4 is 16.6 Å². The Hall–Kier alpha value is -0.930. The lowest BCUT2D eigenvalue weighted by atomic mass is 9.81. The summed E-state index contributed by atoms with van der Waals surface area (Å²) < 4.78 is 0. The van der Waals surface area contributed by atoms with Crippen molar-refractivity contribution in [2.45, 2.75) is 64.6 Å². The molecule has 0 aromatic heterocycles. The molecule has 0 amide bonds. The molecule has 0 bridgehead atoms. The van der Waals surface area contributed by atoms with Gasteiger partial charge in [0.1, 0.15) is 11.6 Å². The van der Waals surface area contributed by atoms with E-state index in [1.165, 1.54) is 0 Å². The molecule has 0 aromatic carbocycles. The van der Waals surface area contributed by atoms with Gasteiger partial charge in [0.25, 0.3) is 0 Å². The first-order valence-electron chi connectivity index (χ1n) is 9.02. The Morgan fingerprint density at radius 3 is 2.31 bits per heavy atom. The summed E-state index contributed by atoms with van der Waals surface area (Å²) in [5.41, 5.74) is 9.84. The van der Waals surface area contributed by atoms with E-state index in [9.17, 15) is 19.8 Å². The SMILES string of the molecule is CC(C)C/C=C/CC(=O)C(O)C[C@](NNCC(N)CS)(C(=O)O)C(C)C. The molecular formula is C18H35N3O4S. The maximum absolute atomic E-state index is 12.2. The number of hydrogen-bond donors (Lipinski definition) is 6. The minimum Gasteiger partial charge on any atom is -0.480 e. The Balaban J connectivity index is 4.96. The van der Waals surface area contributed by atoms with Gasteiger partial charge in [0.05, 0.1) is 0 Å². The van der Waals surface area contributed by atoms with E-state index in [-0.39, 0.29) is 24.8 Å². The fourth-order valence-corrected chi connectivity index (χ4v) is 2.48. The first-order chi connectivity index (χ1) is 12.1. The van der Waals surface area contributed by atoms with Crippen molar-refractivity contribution < 1.29 is 19.8 Å². The lowest BCUT2D eigenvalue weighted by Gasteiger charge is -2.36. The van der Waals surface area contributed by atoms with Crippen LogP contribution >= 0.6 is 12.6 Å². The largest absolute Gasteiger partial charge is 0.480 e. The summed E-state index contributed by atoms with van der Waals surface area (Å²) in [6.45, 7) is 7.90. The highest BCUT2D eigenvalue weighted by Crippen LogP contribution is 2.24. The van der Waals surface area contributed by atoms with E-state index >= 15 is 0 Å². The van der Waals surface area contributed by atoms with Crippen molar-refractivity contribution in [1.82, 2.24) is 10.9 Å². The number of carboxylic acids is 1. The van der Waals surface area contributed by atoms with Gasteiger partial charge in [-0.15, -0.1) is 0 Å². The van der Waals surface area contributed by atoms with Crippen LogP contribution in [0, 0.1) is 11.8 Å². The number of nitrogens with one attached hydrogen (secondary N) is 2. The van der Waals surface area contributed by atoms with E-state index in [1.54, 1.807) is 19.9 Å². The molecule has 26 heavy (non-hydrogen) atoms. The van der Waals surface area contributed by atoms with Gasteiger partial charge >= 0.3 is 5.97 Å². The van der Waals surface area contributed by atoms with Crippen LogP contribution in [0.3, 0.4) is 0 Å². The van der Waals surface area contributed by atoms with Gasteiger partial charge < -0.3 is 15.9 Å². The van der Waals surface area contributed by atoms with Crippen LogP contribution in [0.2, 0.25) is 0 Å². The maximum atomic E-state index is 12.2. The maximum Gasteiger partial charge on any atom is 0.325 e. The summed E-state index contributed by atoms with van der Waals surface area (Å²) in [4.78, 5) is 24.1. The molecule has 8 heteroatoms. The Kier molecular flexibility index (Phi) is 12.0. The number of hydrogen-bond acceptors (Lipinski definition) is 7. The monoisotopic (exact) mass is 389 g/mol. The molecule has 3 atom stereocenters. The van der Waals surface area contributed by atoms with Crippen molar-refractivity contribution in [3.63, 3.8) is 0 Å². The van der Waals surface area contributed by atoms with Crippen LogP contribution in [-0.2, 0) is 9.59 Å². The lowest BCUT2D eigenvalue weighted by Crippen LogP contribution is -2.63. The second-order valence-corrected chi connectivity index (χ2v) is 7.74. The van der Waals surface area contributed by atoms with Gasteiger partial charge in [-0.3, -0.25) is 15.0 Å². The average molecular weight is 390 g/mol. The number of Topliss-reactive ketones (excluding diaryl/α,β-unsaturated/α-hetero) is 1. The summed E-state index contributed by atoms with van der Waals surface area (Å²) >= 11 is 4.08. The highest BCUT2D eigenvalue weighted by molar-refractivity contribution is 7.80. The quantitative estimate of drug-likeness (QED) is 0.149. The topological polar surface area (TPSA) is 125 Å². The van der Waals surface area contributed by atoms with Gasteiger partial charge in [0.2, 0.25) is 0 Å². The molecule has 152 valence electrons. The van der Waals surface area contributed by atoms with E-state index in [0.717, 1.165) is 6.42 Å². The van der Waals surface area contributed by atoms with E-state index in [4.69, 9.17) is 5.73 Å². The standard InChI is InChI=1S/C18H35N3O4S/c1-12(2)7-5-6-8-15(22)16(23)9-18(13(3)4,17(24)25)21-20-10-14(19)11-26/h5-6,12-14,16,20-21,23,26H,7-11,19H2,1-4H3,(H,24,25)/b6-5+/t14?,16?,18-/m1/s1. The first-order valence-corrected chi connectivity index (χ1v) is 9.65. The third-order valence-corrected chi connectivity index (χ3v) is 4.73. The summed E-state index contributed by atoms with van der Waals surface area (Å²) in [5.74, 6) is -0.975. The zero-order valence-corrected chi connectivity index (χ0v) is 17.1. The van der Waals surface area contributed by atoms with Crippen molar-refractivity contribution in [3.05, 3.63) is 12.2 Å². The molecule has 0 aromatic rings. The third-order valence-electron chi connectivity index (χ3n) is 4.26. The van der Waals surface area contributed by atoms with Crippen LogP contribution in [0.4, 0.5) is 0 Å². The molecule has 0 fully saturated rings. The summed E-state index contributed by atoms with van der Waals surface area (Å²) in [7, 11) is 0. The number of carbonyl (C=O) groups excluding carboxylic acids is 1. The van der Waals surface area contributed by atoms with Gasteiger partial charge in [-0.05, 0) is 18.3 Å². The third kappa shape index (κ3) is 8.64. The van der Waals surface area contributed by atoms with Crippen LogP contribution in [0.15, 0.2) is 12.2 Å². The smallest absolute Gasteiger partial charge is 0.325 e. The molecule has 2 unspecified atom stereocenters. The van der Waals surface area contributed by atoms with Crippen molar-refractivity contribution in [3.8, 4) is 0 Å². The number of rotatable bonds is 14. The van der Waals surface area contributed by atoms with Crippen molar-refractivity contribution >= 4 is 24.4 Å². The summed E-state index contributed by atoms with van der Waals surface area (Å²) in [5, 5.41) is 20.0. The Morgan fingerprint density at radius 2 is 1.85 bits per heavy atom. The molecule has 0 aliphatic rings. The Morgan fingerprint density at radius 1 is 1.23 bits per heavy atom.